The zero-order valence-corrected chi connectivity index (χ0v) is 13.8. The van der Waals surface area contributed by atoms with Crippen LogP contribution in [0.3, 0.4) is 0 Å². The largest absolute Gasteiger partial charge is 0.394 e. The van der Waals surface area contributed by atoms with Gasteiger partial charge in [-0.1, -0.05) is 0 Å². The van der Waals surface area contributed by atoms with E-state index < -0.39 is 74.6 Å². The SMILES string of the molecule is OC[C@H](O)CO[C@@H]1OC[C@@H](O[C@@H]2O[C@H](CO)[C@H](O)[C@H](O)[C@H]2O)[C@H](O)[C@H]1O. The molecule has 8 N–H and O–H groups in total. The summed E-state index contributed by atoms with van der Waals surface area (Å²) in [4.78, 5) is 0. The highest BCUT2D eigenvalue weighted by Crippen LogP contribution is 2.26. The highest BCUT2D eigenvalue weighted by Gasteiger charge is 2.47. The molecule has 2 heterocycles. The number of rotatable bonds is 7. The zero-order chi connectivity index (χ0) is 19.4. The molecule has 0 radical (unpaired) electrons. The summed E-state index contributed by atoms with van der Waals surface area (Å²) >= 11 is 0. The number of aliphatic hydroxyl groups excluding tert-OH is 8. The van der Waals surface area contributed by atoms with Crippen LogP contribution in [0.2, 0.25) is 0 Å². The Balaban J connectivity index is 1.92. The van der Waals surface area contributed by atoms with Crippen LogP contribution < -0.4 is 0 Å². The van der Waals surface area contributed by atoms with Crippen LogP contribution in [-0.2, 0) is 18.9 Å². The van der Waals surface area contributed by atoms with E-state index in [4.69, 9.17) is 29.2 Å². The van der Waals surface area contributed by atoms with Gasteiger partial charge in [0.25, 0.3) is 0 Å². The van der Waals surface area contributed by atoms with Crippen LogP contribution in [0.15, 0.2) is 0 Å². The summed E-state index contributed by atoms with van der Waals surface area (Å²) < 4.78 is 20.8. The molecular formula is C14H26O12. The minimum absolute atomic E-state index is 0.285. The second-order valence-electron chi connectivity index (χ2n) is 6.22. The highest BCUT2D eigenvalue weighted by molar-refractivity contribution is 4.91. The van der Waals surface area contributed by atoms with Crippen molar-refractivity contribution in [2.45, 2.75) is 61.4 Å². The third-order valence-corrected chi connectivity index (χ3v) is 4.26. The Hall–Kier alpha value is -0.480. The first kappa shape index (κ1) is 21.8. The molecule has 0 saturated carbocycles. The van der Waals surface area contributed by atoms with Crippen molar-refractivity contribution < 1.29 is 59.8 Å². The predicted octanol–water partition coefficient (Wildman–Crippen LogP) is -5.38. The molecule has 0 bridgehead atoms. The molecule has 0 aliphatic carbocycles. The topological polar surface area (TPSA) is 199 Å². The molecule has 10 atom stereocenters. The van der Waals surface area contributed by atoms with E-state index in [1.54, 1.807) is 0 Å². The van der Waals surface area contributed by atoms with Crippen LogP contribution in [0.1, 0.15) is 0 Å². The zero-order valence-electron chi connectivity index (χ0n) is 13.8. The lowest BCUT2D eigenvalue weighted by Gasteiger charge is -2.43. The van der Waals surface area contributed by atoms with Crippen molar-refractivity contribution in [1.82, 2.24) is 0 Å². The number of ether oxygens (including phenoxy) is 4. The average molecular weight is 386 g/mol. The van der Waals surface area contributed by atoms with E-state index in [0.29, 0.717) is 0 Å². The smallest absolute Gasteiger partial charge is 0.187 e. The lowest BCUT2D eigenvalue weighted by Crippen LogP contribution is -2.62. The molecule has 12 heteroatoms. The van der Waals surface area contributed by atoms with Crippen LogP contribution in [0, 0.1) is 0 Å². The number of hydrogen-bond donors (Lipinski definition) is 8. The Labute approximate surface area is 148 Å². The maximum atomic E-state index is 10.1. The van der Waals surface area contributed by atoms with Crippen LogP contribution in [0.5, 0.6) is 0 Å². The lowest BCUT2D eigenvalue weighted by molar-refractivity contribution is -0.344. The summed E-state index contributed by atoms with van der Waals surface area (Å²) in [5.74, 6) is 0. The Bertz CT molecular complexity index is 423. The van der Waals surface area contributed by atoms with Crippen LogP contribution >= 0.6 is 0 Å². The molecule has 2 aliphatic heterocycles. The molecule has 0 unspecified atom stereocenters. The molecule has 0 spiro atoms. The van der Waals surface area contributed by atoms with Crippen molar-refractivity contribution in [3.8, 4) is 0 Å². The first-order chi connectivity index (χ1) is 12.3. The maximum absolute atomic E-state index is 10.1. The number of aliphatic hydroxyl groups is 8. The van der Waals surface area contributed by atoms with Crippen LogP contribution in [0.25, 0.3) is 0 Å². The maximum Gasteiger partial charge on any atom is 0.187 e. The third-order valence-electron chi connectivity index (χ3n) is 4.26. The van der Waals surface area contributed by atoms with E-state index in [2.05, 4.69) is 0 Å². The van der Waals surface area contributed by atoms with Gasteiger partial charge in [-0.15, -0.1) is 0 Å². The molecule has 2 rings (SSSR count). The molecule has 0 aromatic rings. The average Bonchev–Trinajstić information content (AvgIpc) is 2.64. The van der Waals surface area contributed by atoms with Crippen molar-refractivity contribution >= 4 is 0 Å². The molecular weight excluding hydrogens is 360 g/mol. The standard InChI is InChI=1S/C14H26O12/c15-1-5(17)3-23-13-11(21)9(19)7(4-24-13)26-14-12(22)10(20)8(18)6(2-16)25-14/h5-22H,1-4H2/t5-,6+,7+,8-,9-,10-,11+,12+,13+,14-/m0/s1. The molecule has 0 aromatic heterocycles. The van der Waals surface area contributed by atoms with Gasteiger partial charge in [-0.05, 0) is 0 Å². The van der Waals surface area contributed by atoms with Gasteiger partial charge in [-0.25, -0.2) is 0 Å². The van der Waals surface area contributed by atoms with Gasteiger partial charge in [0.05, 0.1) is 26.4 Å². The van der Waals surface area contributed by atoms with Crippen molar-refractivity contribution in [3.05, 3.63) is 0 Å². The Morgan fingerprint density at radius 3 is 2.15 bits per heavy atom. The molecule has 154 valence electrons. The monoisotopic (exact) mass is 386 g/mol. The van der Waals surface area contributed by atoms with E-state index >= 15 is 0 Å². The summed E-state index contributed by atoms with van der Waals surface area (Å²) in [6, 6.07) is 0. The fourth-order valence-electron chi connectivity index (χ4n) is 2.64. The summed E-state index contributed by atoms with van der Waals surface area (Å²) in [7, 11) is 0. The van der Waals surface area contributed by atoms with E-state index in [-0.39, 0.29) is 13.2 Å². The van der Waals surface area contributed by atoms with Gasteiger partial charge in [0, 0.05) is 0 Å². The molecule has 12 nitrogen and oxygen atoms in total. The highest BCUT2D eigenvalue weighted by atomic mass is 16.7. The summed E-state index contributed by atoms with van der Waals surface area (Å²) in [6.45, 7) is -1.80. The summed E-state index contributed by atoms with van der Waals surface area (Å²) in [5.41, 5.74) is 0. The van der Waals surface area contributed by atoms with Gasteiger partial charge in [0.2, 0.25) is 0 Å². The van der Waals surface area contributed by atoms with Crippen LogP contribution in [-0.4, -0.2) is 129 Å². The van der Waals surface area contributed by atoms with E-state index in [9.17, 15) is 30.6 Å². The third kappa shape index (κ3) is 4.86. The predicted molar refractivity (Wildman–Crippen MR) is 79.4 cm³/mol. The Kier molecular flexibility index (Phi) is 8.08. The first-order valence-electron chi connectivity index (χ1n) is 8.14. The number of hydrogen-bond acceptors (Lipinski definition) is 12. The fourth-order valence-corrected chi connectivity index (χ4v) is 2.64. The fraction of sp³-hybridized carbons (Fsp3) is 1.00. The Morgan fingerprint density at radius 1 is 0.885 bits per heavy atom. The van der Waals surface area contributed by atoms with Gasteiger partial charge < -0.3 is 59.8 Å². The van der Waals surface area contributed by atoms with Gasteiger partial charge in [0.15, 0.2) is 12.6 Å². The molecule has 2 aliphatic rings. The van der Waals surface area contributed by atoms with Crippen molar-refractivity contribution in [3.63, 3.8) is 0 Å². The minimum Gasteiger partial charge on any atom is -0.394 e. The molecule has 2 fully saturated rings. The minimum atomic E-state index is -1.66. The second-order valence-corrected chi connectivity index (χ2v) is 6.22. The molecule has 0 amide bonds. The van der Waals surface area contributed by atoms with Crippen molar-refractivity contribution in [2.24, 2.45) is 0 Å². The van der Waals surface area contributed by atoms with Gasteiger partial charge in [-0.2, -0.15) is 0 Å². The molecule has 2 saturated heterocycles. The van der Waals surface area contributed by atoms with E-state index in [1.165, 1.54) is 0 Å². The second kappa shape index (κ2) is 9.64. The summed E-state index contributed by atoms with van der Waals surface area (Å²) in [5, 5.41) is 76.6. The van der Waals surface area contributed by atoms with E-state index in [0.717, 1.165) is 0 Å². The van der Waals surface area contributed by atoms with Gasteiger partial charge in [-0.3, -0.25) is 0 Å². The molecule has 26 heavy (non-hydrogen) atoms. The lowest BCUT2D eigenvalue weighted by atomic mass is 9.99. The Morgan fingerprint density at radius 2 is 1.54 bits per heavy atom. The quantitative estimate of drug-likeness (QED) is 0.207. The van der Waals surface area contributed by atoms with Crippen molar-refractivity contribution in [1.29, 1.82) is 0 Å². The normalized spacial score (nSPS) is 45.5. The first-order valence-corrected chi connectivity index (χ1v) is 8.14. The van der Waals surface area contributed by atoms with E-state index in [1.807, 2.05) is 0 Å². The van der Waals surface area contributed by atoms with Gasteiger partial charge >= 0.3 is 0 Å². The van der Waals surface area contributed by atoms with Crippen molar-refractivity contribution in [2.75, 3.05) is 26.4 Å². The van der Waals surface area contributed by atoms with Crippen LogP contribution in [0.4, 0.5) is 0 Å². The molecule has 0 aromatic carbocycles. The van der Waals surface area contributed by atoms with Gasteiger partial charge in [0.1, 0.15) is 48.8 Å². The summed E-state index contributed by atoms with van der Waals surface area (Å²) in [6.07, 6.45) is -14.2.